The van der Waals surface area contributed by atoms with Crippen molar-refractivity contribution in [3.05, 3.63) is 42.2 Å². The van der Waals surface area contributed by atoms with E-state index in [0.29, 0.717) is 11.7 Å². The standard InChI is InChI=1S/C19H24N4OS/c1-14-5-7-16(8-6-14)22-18(24)12-25-19-10-17(20-13-21-19)23-9-3-4-15(2)11-23/h5-8,10,13,15H,3-4,9,11-12H2,1-2H3,(H,22,24). The lowest BCUT2D eigenvalue weighted by molar-refractivity contribution is -0.113. The first-order valence-electron chi connectivity index (χ1n) is 8.66. The van der Waals surface area contributed by atoms with E-state index in [0.717, 1.165) is 29.6 Å². The van der Waals surface area contributed by atoms with Crippen LogP contribution in [0.1, 0.15) is 25.3 Å². The number of nitrogens with zero attached hydrogens (tertiary/aromatic N) is 3. The number of piperidine rings is 1. The number of amides is 1. The van der Waals surface area contributed by atoms with E-state index in [-0.39, 0.29) is 5.91 Å². The smallest absolute Gasteiger partial charge is 0.234 e. The number of aryl methyl sites for hydroxylation is 1. The fourth-order valence-corrected chi connectivity index (χ4v) is 3.61. The number of carbonyl (C=O) groups excluding carboxylic acids is 1. The largest absolute Gasteiger partial charge is 0.356 e. The van der Waals surface area contributed by atoms with Crippen molar-refractivity contribution in [2.45, 2.75) is 31.7 Å². The number of anilines is 2. The minimum absolute atomic E-state index is 0.0272. The molecule has 25 heavy (non-hydrogen) atoms. The molecular weight excluding hydrogens is 332 g/mol. The molecule has 1 aliphatic heterocycles. The molecule has 1 fully saturated rings. The SMILES string of the molecule is Cc1ccc(NC(=O)CSc2cc(N3CCCC(C)C3)ncn2)cc1. The molecule has 2 aromatic rings. The van der Waals surface area contributed by atoms with Crippen molar-refractivity contribution in [2.75, 3.05) is 29.1 Å². The summed E-state index contributed by atoms with van der Waals surface area (Å²) in [5.41, 5.74) is 2.00. The van der Waals surface area contributed by atoms with Crippen LogP contribution >= 0.6 is 11.8 Å². The molecule has 0 saturated carbocycles. The molecular formula is C19H24N4OS. The summed E-state index contributed by atoms with van der Waals surface area (Å²) in [5.74, 6) is 1.96. The second kappa shape index (κ2) is 8.34. The van der Waals surface area contributed by atoms with Gasteiger partial charge < -0.3 is 10.2 Å². The van der Waals surface area contributed by atoms with Gasteiger partial charge in [0.15, 0.2) is 0 Å². The lowest BCUT2D eigenvalue weighted by Crippen LogP contribution is -2.34. The van der Waals surface area contributed by atoms with Gasteiger partial charge in [0.2, 0.25) is 5.91 Å². The average molecular weight is 356 g/mol. The van der Waals surface area contributed by atoms with Crippen LogP contribution in [-0.2, 0) is 4.79 Å². The molecule has 132 valence electrons. The summed E-state index contributed by atoms with van der Waals surface area (Å²) < 4.78 is 0. The van der Waals surface area contributed by atoms with Crippen LogP contribution in [0.3, 0.4) is 0 Å². The monoisotopic (exact) mass is 356 g/mol. The highest BCUT2D eigenvalue weighted by atomic mass is 32.2. The van der Waals surface area contributed by atoms with E-state index in [1.807, 2.05) is 37.3 Å². The fraction of sp³-hybridized carbons (Fsp3) is 0.421. The van der Waals surface area contributed by atoms with Crippen LogP contribution in [0.15, 0.2) is 41.7 Å². The molecule has 6 heteroatoms. The molecule has 3 rings (SSSR count). The predicted molar refractivity (Wildman–Crippen MR) is 103 cm³/mol. The van der Waals surface area contributed by atoms with Crippen LogP contribution in [0.25, 0.3) is 0 Å². The molecule has 1 N–H and O–H groups in total. The van der Waals surface area contributed by atoms with E-state index in [9.17, 15) is 4.79 Å². The molecule has 1 atom stereocenters. The van der Waals surface area contributed by atoms with Gasteiger partial charge in [0.05, 0.1) is 5.75 Å². The quantitative estimate of drug-likeness (QED) is 0.653. The van der Waals surface area contributed by atoms with Crippen molar-refractivity contribution < 1.29 is 4.79 Å². The first-order chi connectivity index (χ1) is 12.1. The Kier molecular flexibility index (Phi) is 5.91. The second-order valence-electron chi connectivity index (χ2n) is 6.61. The molecule has 5 nitrogen and oxygen atoms in total. The maximum atomic E-state index is 12.1. The summed E-state index contributed by atoms with van der Waals surface area (Å²) in [7, 11) is 0. The molecule has 1 saturated heterocycles. The fourth-order valence-electron chi connectivity index (χ4n) is 2.95. The normalized spacial score (nSPS) is 17.4. The van der Waals surface area contributed by atoms with Gasteiger partial charge >= 0.3 is 0 Å². The van der Waals surface area contributed by atoms with E-state index >= 15 is 0 Å². The zero-order valence-electron chi connectivity index (χ0n) is 14.7. The highest BCUT2D eigenvalue weighted by Gasteiger charge is 2.18. The van der Waals surface area contributed by atoms with Crippen LogP contribution < -0.4 is 10.2 Å². The van der Waals surface area contributed by atoms with Crippen LogP contribution in [-0.4, -0.2) is 34.7 Å². The summed E-state index contributed by atoms with van der Waals surface area (Å²) in [6.45, 7) is 6.38. The Labute approximate surface area is 153 Å². The zero-order chi connectivity index (χ0) is 17.6. The van der Waals surface area contributed by atoms with Crippen molar-refractivity contribution >= 4 is 29.2 Å². The molecule has 1 aromatic heterocycles. The third-order valence-electron chi connectivity index (χ3n) is 4.30. The number of hydrogen-bond donors (Lipinski definition) is 1. The van der Waals surface area contributed by atoms with Gasteiger partial charge in [-0.3, -0.25) is 4.79 Å². The number of benzene rings is 1. The van der Waals surface area contributed by atoms with Gasteiger partial charge in [-0.05, 0) is 37.8 Å². The number of thioether (sulfide) groups is 1. The summed E-state index contributed by atoms with van der Waals surface area (Å²) in [5, 5.41) is 3.75. The van der Waals surface area contributed by atoms with Gasteiger partial charge in [-0.2, -0.15) is 0 Å². The summed E-state index contributed by atoms with van der Waals surface area (Å²) in [6.07, 6.45) is 4.07. The van der Waals surface area contributed by atoms with E-state index < -0.39 is 0 Å². The maximum absolute atomic E-state index is 12.1. The van der Waals surface area contributed by atoms with Crippen LogP contribution in [0.4, 0.5) is 11.5 Å². The number of hydrogen-bond acceptors (Lipinski definition) is 5. The molecule has 1 amide bonds. The summed E-state index contributed by atoms with van der Waals surface area (Å²) >= 11 is 1.44. The Morgan fingerprint density at radius 2 is 2.12 bits per heavy atom. The Bertz CT molecular complexity index is 720. The van der Waals surface area contributed by atoms with Gasteiger partial charge in [-0.25, -0.2) is 9.97 Å². The first kappa shape index (κ1) is 17.7. The lowest BCUT2D eigenvalue weighted by Gasteiger charge is -2.31. The van der Waals surface area contributed by atoms with Crippen molar-refractivity contribution in [1.29, 1.82) is 0 Å². The van der Waals surface area contributed by atoms with Crippen LogP contribution in [0.2, 0.25) is 0 Å². The number of nitrogens with one attached hydrogen (secondary N) is 1. The minimum atomic E-state index is -0.0272. The maximum Gasteiger partial charge on any atom is 0.234 e. The molecule has 1 aliphatic rings. The molecule has 2 heterocycles. The van der Waals surface area contributed by atoms with Gasteiger partial charge in [0, 0.05) is 24.8 Å². The highest BCUT2D eigenvalue weighted by Crippen LogP contribution is 2.24. The van der Waals surface area contributed by atoms with Crippen molar-refractivity contribution in [3.63, 3.8) is 0 Å². The lowest BCUT2D eigenvalue weighted by atomic mass is 10.0. The predicted octanol–water partition coefficient (Wildman–Crippen LogP) is 3.75. The molecule has 0 spiro atoms. The van der Waals surface area contributed by atoms with Gasteiger partial charge in [-0.1, -0.05) is 36.4 Å². The first-order valence-corrected chi connectivity index (χ1v) is 9.65. The Morgan fingerprint density at radius 1 is 1.32 bits per heavy atom. The van der Waals surface area contributed by atoms with Crippen molar-refractivity contribution in [1.82, 2.24) is 9.97 Å². The molecule has 0 aliphatic carbocycles. The molecule has 1 unspecified atom stereocenters. The van der Waals surface area contributed by atoms with Gasteiger partial charge in [0.1, 0.15) is 17.2 Å². The van der Waals surface area contributed by atoms with Crippen molar-refractivity contribution in [2.24, 2.45) is 5.92 Å². The van der Waals surface area contributed by atoms with E-state index in [1.54, 1.807) is 6.33 Å². The van der Waals surface area contributed by atoms with Gasteiger partial charge in [0.25, 0.3) is 0 Å². The summed E-state index contributed by atoms with van der Waals surface area (Å²) in [6, 6.07) is 9.79. The number of rotatable bonds is 5. The van der Waals surface area contributed by atoms with E-state index in [2.05, 4.69) is 27.1 Å². The van der Waals surface area contributed by atoms with Gasteiger partial charge in [-0.15, -0.1) is 0 Å². The average Bonchev–Trinajstić information content (AvgIpc) is 2.62. The second-order valence-corrected chi connectivity index (χ2v) is 7.61. The van der Waals surface area contributed by atoms with Crippen LogP contribution in [0, 0.1) is 12.8 Å². The molecule has 0 radical (unpaired) electrons. The molecule has 1 aromatic carbocycles. The highest BCUT2D eigenvalue weighted by molar-refractivity contribution is 7.99. The number of aromatic nitrogens is 2. The Balaban J connectivity index is 1.55. The molecule has 0 bridgehead atoms. The van der Waals surface area contributed by atoms with Crippen LogP contribution in [0.5, 0.6) is 0 Å². The van der Waals surface area contributed by atoms with E-state index in [1.165, 1.54) is 30.2 Å². The Morgan fingerprint density at radius 3 is 2.88 bits per heavy atom. The third kappa shape index (κ3) is 5.19. The number of carbonyl (C=O) groups is 1. The topological polar surface area (TPSA) is 58.1 Å². The van der Waals surface area contributed by atoms with Crippen molar-refractivity contribution in [3.8, 4) is 0 Å². The zero-order valence-corrected chi connectivity index (χ0v) is 15.6. The third-order valence-corrected chi connectivity index (χ3v) is 5.22. The van der Waals surface area contributed by atoms with E-state index in [4.69, 9.17) is 0 Å². The Hall–Kier alpha value is -2.08. The summed E-state index contributed by atoms with van der Waals surface area (Å²) in [4.78, 5) is 23.1. The minimum Gasteiger partial charge on any atom is -0.356 e.